The van der Waals surface area contributed by atoms with Crippen LogP contribution >= 0.6 is 0 Å². The van der Waals surface area contributed by atoms with E-state index < -0.39 is 11.0 Å². The van der Waals surface area contributed by atoms with Crippen molar-refractivity contribution in [3.8, 4) is 0 Å². The zero-order valence-electron chi connectivity index (χ0n) is 17.2. The third-order valence-electron chi connectivity index (χ3n) is 5.77. The lowest BCUT2D eigenvalue weighted by Gasteiger charge is -2.38. The average molecular weight is 424 g/mol. The molecule has 2 fully saturated rings. The molecule has 1 unspecified atom stereocenters. The summed E-state index contributed by atoms with van der Waals surface area (Å²) >= 11 is 0. The number of likely N-dealkylation sites (tertiary alicyclic amines) is 1. The smallest absolute Gasteiger partial charge is 0.247 e. The molecule has 0 radical (unpaired) electrons. The van der Waals surface area contributed by atoms with Gasteiger partial charge in [-0.25, -0.2) is 8.51 Å². The Bertz CT molecular complexity index is 888. The van der Waals surface area contributed by atoms with Gasteiger partial charge in [0.15, 0.2) is 0 Å². The van der Waals surface area contributed by atoms with Gasteiger partial charge < -0.3 is 5.32 Å². The molecule has 0 bridgehead atoms. The summed E-state index contributed by atoms with van der Waals surface area (Å²) in [6.45, 7) is 6.51. The van der Waals surface area contributed by atoms with Gasteiger partial charge in [-0.15, -0.1) is 0 Å². The van der Waals surface area contributed by atoms with E-state index in [9.17, 15) is 9.00 Å². The van der Waals surface area contributed by atoms with Gasteiger partial charge in [0, 0.05) is 37.4 Å². The number of amides is 1. The fraction of sp³-hybridized carbons (Fsp3) is 0.375. The second-order valence-electron chi connectivity index (χ2n) is 8.05. The average Bonchev–Trinajstić information content (AvgIpc) is 3.61. The van der Waals surface area contributed by atoms with Gasteiger partial charge in [-0.2, -0.15) is 0 Å². The minimum absolute atomic E-state index is 0.245. The number of carbonyl (C=O) groups excluding carboxylic acids is 1. The van der Waals surface area contributed by atoms with Crippen LogP contribution in [0.2, 0.25) is 0 Å². The van der Waals surface area contributed by atoms with Crippen LogP contribution < -0.4 is 5.32 Å². The highest BCUT2D eigenvalue weighted by atomic mass is 32.2. The molecule has 1 heterocycles. The van der Waals surface area contributed by atoms with Crippen molar-refractivity contribution in [2.45, 2.75) is 49.2 Å². The van der Waals surface area contributed by atoms with E-state index in [2.05, 4.69) is 51.4 Å². The Morgan fingerprint density at radius 2 is 1.67 bits per heavy atom. The maximum absolute atomic E-state index is 13.4. The summed E-state index contributed by atoms with van der Waals surface area (Å²) in [4.78, 5) is 14.7. The number of rotatable bonds is 8. The second kappa shape index (κ2) is 9.69. The summed E-state index contributed by atoms with van der Waals surface area (Å²) in [5, 5.41) is 2.74. The molecule has 4 rings (SSSR count). The molecular weight excluding hydrogens is 394 g/mol. The number of carbonyl (C=O) groups is 1. The first-order chi connectivity index (χ1) is 14.6. The van der Waals surface area contributed by atoms with E-state index in [0.717, 1.165) is 50.2 Å². The van der Waals surface area contributed by atoms with Crippen LogP contribution in [0.1, 0.15) is 31.2 Å². The number of nitrogens with zero attached hydrogens (tertiary/aromatic N) is 2. The van der Waals surface area contributed by atoms with Crippen LogP contribution in [0.3, 0.4) is 0 Å². The van der Waals surface area contributed by atoms with E-state index in [1.54, 1.807) is 0 Å². The van der Waals surface area contributed by atoms with Gasteiger partial charge in [0.25, 0.3) is 0 Å². The molecule has 1 atom stereocenters. The van der Waals surface area contributed by atoms with Gasteiger partial charge in [-0.1, -0.05) is 36.9 Å². The molecule has 30 heavy (non-hydrogen) atoms. The highest BCUT2D eigenvalue weighted by Crippen LogP contribution is 2.35. The lowest BCUT2D eigenvalue weighted by Crippen LogP contribution is -2.46. The molecule has 2 aromatic carbocycles. The quantitative estimate of drug-likeness (QED) is 0.654. The standard InChI is InChI=1S/C24H29N3O2S/c1-2-24(28)25-20-8-12-23(13-9-20)30(29)27(21-10-11-21)22-14-16-26(17-15-22)18-19-6-4-3-5-7-19/h2-9,12-13,21-22H,1,10-11,14-18H2,(H,25,28). The summed E-state index contributed by atoms with van der Waals surface area (Å²) in [5.41, 5.74) is 2.04. The molecule has 1 saturated heterocycles. The van der Waals surface area contributed by atoms with Gasteiger partial charge in [-0.3, -0.25) is 9.69 Å². The van der Waals surface area contributed by atoms with Crippen molar-refractivity contribution in [1.29, 1.82) is 0 Å². The Morgan fingerprint density at radius 3 is 2.27 bits per heavy atom. The van der Waals surface area contributed by atoms with E-state index in [0.29, 0.717) is 17.8 Å². The molecule has 1 amide bonds. The van der Waals surface area contributed by atoms with Crippen molar-refractivity contribution in [1.82, 2.24) is 9.21 Å². The van der Waals surface area contributed by atoms with E-state index in [-0.39, 0.29) is 5.91 Å². The fourth-order valence-electron chi connectivity index (χ4n) is 4.04. The Morgan fingerprint density at radius 1 is 1.03 bits per heavy atom. The molecule has 1 aliphatic heterocycles. The van der Waals surface area contributed by atoms with Gasteiger partial charge in [0.2, 0.25) is 5.91 Å². The number of piperidine rings is 1. The van der Waals surface area contributed by atoms with Gasteiger partial charge in [-0.05, 0) is 61.6 Å². The molecule has 5 nitrogen and oxygen atoms in total. The minimum Gasteiger partial charge on any atom is -0.323 e. The summed E-state index contributed by atoms with van der Waals surface area (Å²) in [6.07, 6.45) is 5.59. The highest BCUT2D eigenvalue weighted by Gasteiger charge is 2.39. The van der Waals surface area contributed by atoms with Crippen LogP contribution in [-0.4, -0.2) is 44.5 Å². The van der Waals surface area contributed by atoms with E-state index in [1.165, 1.54) is 11.6 Å². The topological polar surface area (TPSA) is 52.7 Å². The van der Waals surface area contributed by atoms with Crippen molar-refractivity contribution in [2.75, 3.05) is 18.4 Å². The number of nitrogens with one attached hydrogen (secondary N) is 1. The molecule has 1 aliphatic carbocycles. The number of hydrogen-bond acceptors (Lipinski definition) is 3. The Balaban J connectivity index is 1.38. The molecule has 1 N–H and O–H groups in total. The van der Waals surface area contributed by atoms with Crippen molar-refractivity contribution in [3.63, 3.8) is 0 Å². The van der Waals surface area contributed by atoms with Crippen molar-refractivity contribution < 1.29 is 9.00 Å². The van der Waals surface area contributed by atoms with Crippen molar-refractivity contribution >= 4 is 22.6 Å². The lowest BCUT2D eigenvalue weighted by molar-refractivity contribution is -0.111. The normalized spacial score (nSPS) is 18.8. The van der Waals surface area contributed by atoms with E-state index >= 15 is 0 Å². The SMILES string of the molecule is C=CC(=O)Nc1ccc(S(=O)N(C2CC2)C2CCN(Cc3ccccc3)CC2)cc1. The predicted octanol–water partition coefficient (Wildman–Crippen LogP) is 3.96. The highest BCUT2D eigenvalue weighted by molar-refractivity contribution is 7.82. The van der Waals surface area contributed by atoms with Crippen molar-refractivity contribution in [3.05, 3.63) is 72.8 Å². The molecule has 6 heteroatoms. The Labute approximate surface area is 181 Å². The summed E-state index contributed by atoms with van der Waals surface area (Å²) in [7, 11) is -1.18. The number of benzene rings is 2. The first-order valence-corrected chi connectivity index (χ1v) is 11.7. The summed E-state index contributed by atoms with van der Waals surface area (Å²) in [6, 6.07) is 18.7. The minimum atomic E-state index is -1.18. The molecular formula is C24H29N3O2S. The summed E-state index contributed by atoms with van der Waals surface area (Å²) < 4.78 is 15.7. The fourth-order valence-corrected chi connectivity index (χ4v) is 5.62. The molecule has 0 spiro atoms. The second-order valence-corrected chi connectivity index (χ2v) is 9.44. The number of hydrogen-bond donors (Lipinski definition) is 1. The maximum Gasteiger partial charge on any atom is 0.247 e. The zero-order valence-corrected chi connectivity index (χ0v) is 18.0. The molecule has 0 aromatic heterocycles. The van der Waals surface area contributed by atoms with Gasteiger partial charge >= 0.3 is 0 Å². The zero-order chi connectivity index (χ0) is 20.9. The Kier molecular flexibility index (Phi) is 6.77. The van der Waals surface area contributed by atoms with Crippen LogP contribution in [-0.2, 0) is 22.3 Å². The third kappa shape index (κ3) is 5.25. The lowest BCUT2D eigenvalue weighted by atomic mass is 10.0. The molecule has 158 valence electrons. The molecule has 1 saturated carbocycles. The largest absolute Gasteiger partial charge is 0.323 e. The van der Waals surface area contributed by atoms with Crippen LogP contribution in [0.4, 0.5) is 5.69 Å². The van der Waals surface area contributed by atoms with Crippen LogP contribution in [0.5, 0.6) is 0 Å². The van der Waals surface area contributed by atoms with Crippen LogP contribution in [0.15, 0.2) is 72.1 Å². The van der Waals surface area contributed by atoms with Gasteiger partial charge in [0.05, 0.1) is 4.90 Å². The third-order valence-corrected chi connectivity index (χ3v) is 7.43. The molecule has 2 aromatic rings. The van der Waals surface area contributed by atoms with E-state index in [4.69, 9.17) is 0 Å². The summed E-state index contributed by atoms with van der Waals surface area (Å²) in [5.74, 6) is -0.245. The maximum atomic E-state index is 13.4. The first-order valence-electron chi connectivity index (χ1n) is 10.6. The van der Waals surface area contributed by atoms with Crippen molar-refractivity contribution in [2.24, 2.45) is 0 Å². The predicted molar refractivity (Wildman–Crippen MR) is 121 cm³/mol. The first kappa shape index (κ1) is 21.0. The molecule has 2 aliphatic rings. The van der Waals surface area contributed by atoms with Crippen LogP contribution in [0.25, 0.3) is 0 Å². The van der Waals surface area contributed by atoms with Gasteiger partial charge in [0.1, 0.15) is 11.0 Å². The van der Waals surface area contributed by atoms with Crippen LogP contribution in [0, 0.1) is 0 Å². The Hall–Kier alpha value is -2.28. The number of anilines is 1. The van der Waals surface area contributed by atoms with E-state index in [1.807, 2.05) is 24.3 Å². The monoisotopic (exact) mass is 423 g/mol.